The van der Waals surface area contributed by atoms with Gasteiger partial charge in [0, 0.05) is 18.0 Å². The fraction of sp³-hybridized carbons (Fsp3) is 0.400. The molecule has 0 spiro atoms. The molecule has 11 heteroatoms. The van der Waals surface area contributed by atoms with Gasteiger partial charge in [0.25, 0.3) is 0 Å². The molecule has 1 heterocycles. The predicted octanol–water partition coefficient (Wildman–Crippen LogP) is 4.77. The molecule has 0 saturated carbocycles. The molecule has 1 aliphatic rings. The minimum absolute atomic E-state index is 0.250. The van der Waals surface area contributed by atoms with E-state index in [4.69, 9.17) is 26.8 Å². The summed E-state index contributed by atoms with van der Waals surface area (Å²) in [6.07, 6.45) is 4.92. The molecule has 3 unspecified atom stereocenters. The zero-order valence-corrected chi connectivity index (χ0v) is 30.5. The van der Waals surface area contributed by atoms with Crippen molar-refractivity contribution < 1.29 is 28.7 Å². The zero-order chi connectivity index (χ0) is 37.0. The molecule has 3 aromatic rings. The molecule has 10 nitrogen and oxygen atoms in total. The summed E-state index contributed by atoms with van der Waals surface area (Å²) in [5.74, 6) is -1.70. The fourth-order valence-electron chi connectivity index (χ4n) is 6.13. The molecule has 1 aliphatic heterocycles. The van der Waals surface area contributed by atoms with E-state index in [2.05, 4.69) is 10.6 Å². The molecule has 3 aromatic carbocycles. The lowest BCUT2D eigenvalue weighted by Crippen LogP contribution is -2.57. The summed E-state index contributed by atoms with van der Waals surface area (Å²) < 4.78 is 11.2. The summed E-state index contributed by atoms with van der Waals surface area (Å²) in [6, 6.07) is 23.2. The predicted molar refractivity (Wildman–Crippen MR) is 198 cm³/mol. The maximum absolute atomic E-state index is 14.2. The van der Waals surface area contributed by atoms with Gasteiger partial charge in [0.15, 0.2) is 0 Å². The second-order valence-electron chi connectivity index (χ2n) is 13.3. The number of hydrogen-bond donors (Lipinski definition) is 3. The van der Waals surface area contributed by atoms with Crippen molar-refractivity contribution in [3.8, 4) is 0 Å². The van der Waals surface area contributed by atoms with Crippen LogP contribution < -0.4 is 16.4 Å². The molecule has 4 N–H and O–H groups in total. The van der Waals surface area contributed by atoms with Crippen LogP contribution in [0.15, 0.2) is 97.1 Å². The molecule has 0 bridgehead atoms. The Morgan fingerprint density at radius 2 is 1.61 bits per heavy atom. The normalized spacial score (nSPS) is 17.9. The Hall–Kier alpha value is -4.51. The summed E-state index contributed by atoms with van der Waals surface area (Å²) in [7, 11) is 1.29. The van der Waals surface area contributed by atoms with E-state index in [9.17, 15) is 19.2 Å². The number of likely N-dealkylation sites (tertiary alicyclic amines) is 1. The van der Waals surface area contributed by atoms with Gasteiger partial charge in [0.1, 0.15) is 12.1 Å². The zero-order valence-electron chi connectivity index (χ0n) is 29.7. The number of ether oxygens (including phenoxy) is 2. The fourth-order valence-corrected chi connectivity index (χ4v) is 6.34. The first kappa shape index (κ1) is 39.3. The number of halogens is 1. The Labute approximate surface area is 305 Å². The molecule has 1 fully saturated rings. The molecule has 0 aromatic heterocycles. The standard InChI is InChI=1S/C40H49ClN4O6/c1-27(42)36(46)44-35(28(2)51-26-30-15-9-6-10-16-30)37(47)45-22-12-19-33(45)20-21-40(3,25-31-17-11-18-32(41)23-31)39(49)43-34(38(48)50-4)24-29-13-7-5-8-14-29/h5-11,13-18,20-21,23,27-28,33-35H,12,19,22,24-26,42H2,1-4H3,(H,43,49)(H,44,46)/b21-20+/t27-,28?,33?,34-,35?,40-/m0/s1. The van der Waals surface area contributed by atoms with Crippen LogP contribution in [0.3, 0.4) is 0 Å². The Morgan fingerprint density at radius 1 is 0.961 bits per heavy atom. The average molecular weight is 717 g/mol. The summed E-state index contributed by atoms with van der Waals surface area (Å²) in [5, 5.41) is 6.29. The monoisotopic (exact) mass is 716 g/mol. The maximum Gasteiger partial charge on any atom is 0.328 e. The minimum atomic E-state index is -1.15. The van der Waals surface area contributed by atoms with Crippen molar-refractivity contribution in [1.29, 1.82) is 0 Å². The third-order valence-electron chi connectivity index (χ3n) is 9.12. The molecule has 51 heavy (non-hydrogen) atoms. The van der Waals surface area contributed by atoms with Gasteiger partial charge in [-0.3, -0.25) is 14.4 Å². The van der Waals surface area contributed by atoms with Crippen molar-refractivity contribution in [1.82, 2.24) is 15.5 Å². The van der Waals surface area contributed by atoms with E-state index in [-0.39, 0.29) is 37.3 Å². The van der Waals surface area contributed by atoms with Crippen LogP contribution >= 0.6 is 11.6 Å². The van der Waals surface area contributed by atoms with Gasteiger partial charge >= 0.3 is 5.97 Å². The van der Waals surface area contributed by atoms with Crippen LogP contribution in [-0.2, 0) is 48.1 Å². The second kappa shape index (κ2) is 18.6. The summed E-state index contributed by atoms with van der Waals surface area (Å²) in [5.41, 5.74) is 7.34. The van der Waals surface area contributed by atoms with Gasteiger partial charge in [-0.05, 0) is 68.9 Å². The number of rotatable bonds is 16. The Balaban J connectivity index is 1.59. The first-order valence-electron chi connectivity index (χ1n) is 17.3. The highest BCUT2D eigenvalue weighted by atomic mass is 35.5. The van der Waals surface area contributed by atoms with Crippen molar-refractivity contribution in [2.24, 2.45) is 11.1 Å². The number of nitrogens with zero attached hydrogens (tertiary/aromatic N) is 1. The van der Waals surface area contributed by atoms with Crippen LogP contribution in [-0.4, -0.2) is 72.5 Å². The molecule has 4 rings (SSSR count). The second-order valence-corrected chi connectivity index (χ2v) is 13.8. The van der Waals surface area contributed by atoms with Crippen molar-refractivity contribution in [2.75, 3.05) is 13.7 Å². The lowest BCUT2D eigenvalue weighted by atomic mass is 9.81. The Morgan fingerprint density at radius 3 is 2.24 bits per heavy atom. The molecule has 272 valence electrons. The lowest BCUT2D eigenvalue weighted by molar-refractivity contribution is -0.146. The number of esters is 1. The highest BCUT2D eigenvalue weighted by Gasteiger charge is 2.39. The van der Waals surface area contributed by atoms with E-state index in [1.165, 1.54) is 7.11 Å². The van der Waals surface area contributed by atoms with Gasteiger partial charge in [-0.2, -0.15) is 0 Å². The number of benzene rings is 3. The number of hydrogen-bond acceptors (Lipinski definition) is 7. The largest absolute Gasteiger partial charge is 0.467 e. The molecule has 1 saturated heterocycles. The van der Waals surface area contributed by atoms with E-state index < -0.39 is 41.5 Å². The van der Waals surface area contributed by atoms with Crippen molar-refractivity contribution in [2.45, 2.75) is 83.3 Å². The van der Waals surface area contributed by atoms with Crippen LogP contribution in [0.2, 0.25) is 5.02 Å². The first-order valence-corrected chi connectivity index (χ1v) is 17.7. The van der Waals surface area contributed by atoms with Crippen LogP contribution in [0.5, 0.6) is 0 Å². The number of carbonyl (C=O) groups excluding carboxylic acids is 4. The third kappa shape index (κ3) is 11.2. The summed E-state index contributed by atoms with van der Waals surface area (Å²) in [4.78, 5) is 55.8. The lowest BCUT2D eigenvalue weighted by Gasteiger charge is -2.32. The molecule has 6 atom stereocenters. The number of amides is 3. The van der Waals surface area contributed by atoms with E-state index in [1.54, 1.807) is 43.9 Å². The smallest absolute Gasteiger partial charge is 0.328 e. The SMILES string of the molecule is COC(=O)[C@H](Cc1ccccc1)NC(=O)[C@@](C)(/C=C/C1CCCN1C(=O)C(NC(=O)[C@H](C)N)C(C)OCc1ccccc1)Cc1cccc(Cl)c1. The van der Waals surface area contributed by atoms with E-state index in [0.717, 1.165) is 23.1 Å². The third-order valence-corrected chi connectivity index (χ3v) is 9.36. The quantitative estimate of drug-likeness (QED) is 0.143. The Bertz CT molecular complexity index is 1650. The maximum atomic E-state index is 14.2. The number of nitrogens with two attached hydrogens (primary N) is 1. The van der Waals surface area contributed by atoms with Gasteiger partial charge in [-0.15, -0.1) is 0 Å². The van der Waals surface area contributed by atoms with Crippen LogP contribution in [0.4, 0.5) is 0 Å². The number of nitrogens with one attached hydrogen (secondary N) is 2. The van der Waals surface area contributed by atoms with Gasteiger partial charge < -0.3 is 30.7 Å². The molecular weight excluding hydrogens is 668 g/mol. The van der Waals surface area contributed by atoms with E-state index in [1.807, 2.05) is 78.9 Å². The number of methoxy groups -OCH3 is 1. The van der Waals surface area contributed by atoms with Crippen LogP contribution in [0.1, 0.15) is 50.3 Å². The van der Waals surface area contributed by atoms with E-state index in [0.29, 0.717) is 18.0 Å². The average Bonchev–Trinajstić information content (AvgIpc) is 3.60. The highest BCUT2D eigenvalue weighted by Crippen LogP contribution is 2.29. The van der Waals surface area contributed by atoms with Crippen LogP contribution in [0.25, 0.3) is 0 Å². The van der Waals surface area contributed by atoms with Crippen LogP contribution in [0, 0.1) is 5.41 Å². The van der Waals surface area contributed by atoms with Crippen molar-refractivity contribution in [3.05, 3.63) is 119 Å². The molecule has 0 aliphatic carbocycles. The first-order chi connectivity index (χ1) is 24.4. The minimum Gasteiger partial charge on any atom is -0.467 e. The number of carbonyl (C=O) groups is 4. The van der Waals surface area contributed by atoms with Gasteiger partial charge in [-0.25, -0.2) is 4.79 Å². The Kier molecular flexibility index (Phi) is 14.4. The highest BCUT2D eigenvalue weighted by molar-refractivity contribution is 6.30. The van der Waals surface area contributed by atoms with Gasteiger partial charge in [-0.1, -0.05) is 96.5 Å². The van der Waals surface area contributed by atoms with Gasteiger partial charge in [0.05, 0.1) is 37.3 Å². The summed E-state index contributed by atoms with van der Waals surface area (Å²) >= 11 is 6.32. The topological polar surface area (TPSA) is 140 Å². The van der Waals surface area contributed by atoms with E-state index >= 15 is 0 Å². The molecule has 3 amide bonds. The van der Waals surface area contributed by atoms with Gasteiger partial charge in [0.2, 0.25) is 17.7 Å². The van der Waals surface area contributed by atoms with Crippen molar-refractivity contribution >= 4 is 35.3 Å². The van der Waals surface area contributed by atoms with Crippen molar-refractivity contribution in [3.63, 3.8) is 0 Å². The molecule has 0 radical (unpaired) electrons. The molecular formula is C40H49ClN4O6. The summed E-state index contributed by atoms with van der Waals surface area (Å²) in [6.45, 7) is 5.83.